The van der Waals surface area contributed by atoms with Gasteiger partial charge in [-0.2, -0.15) is 0 Å². The number of hydrogen-bond donors (Lipinski definition) is 3. The average molecular weight is 199 g/mol. The molecule has 0 bridgehead atoms. The number of anilines is 1. The molecule has 0 aliphatic rings. The third-order valence-electron chi connectivity index (χ3n) is 1.51. The van der Waals surface area contributed by atoms with Crippen molar-refractivity contribution in [1.29, 1.82) is 0 Å². The van der Waals surface area contributed by atoms with Crippen LogP contribution in [0.3, 0.4) is 0 Å². The van der Waals surface area contributed by atoms with Gasteiger partial charge in [-0.3, -0.25) is 9.59 Å². The lowest BCUT2D eigenvalue weighted by molar-refractivity contribution is -0.117. The van der Waals surface area contributed by atoms with E-state index in [9.17, 15) is 9.59 Å². The Bertz CT molecular complexity index is 359. The summed E-state index contributed by atoms with van der Waals surface area (Å²) in [4.78, 5) is 21.5. The number of amides is 2. The fourth-order valence-electron chi connectivity index (χ4n) is 1.01. The highest BCUT2D eigenvalue weighted by Crippen LogP contribution is 2.24. The van der Waals surface area contributed by atoms with E-state index in [-0.39, 0.29) is 12.0 Å². The molecule has 0 saturated heterocycles. The zero-order valence-corrected chi connectivity index (χ0v) is 7.56. The minimum Gasteiger partial charge on any atom is -0.390 e. The van der Waals surface area contributed by atoms with Gasteiger partial charge in [0.1, 0.15) is 0 Å². The second kappa shape index (κ2) is 3.44. The Balaban J connectivity index is 3.07. The topological polar surface area (TPSA) is 112 Å². The van der Waals surface area contributed by atoms with Gasteiger partial charge in [0.2, 0.25) is 5.91 Å². The van der Waals surface area contributed by atoms with Crippen molar-refractivity contribution in [3.63, 3.8) is 0 Å². The first-order valence-corrected chi connectivity index (χ1v) is 4.34. The van der Waals surface area contributed by atoms with E-state index in [4.69, 9.17) is 17.2 Å². The Morgan fingerprint density at radius 2 is 2.00 bits per heavy atom. The van der Waals surface area contributed by atoms with E-state index >= 15 is 0 Å². The van der Waals surface area contributed by atoms with E-state index in [1.54, 1.807) is 5.38 Å². The van der Waals surface area contributed by atoms with Crippen molar-refractivity contribution in [2.75, 3.05) is 5.73 Å². The number of carbonyl (C=O) groups excluding carboxylic acids is 2. The van der Waals surface area contributed by atoms with Crippen LogP contribution in [-0.2, 0) is 11.2 Å². The van der Waals surface area contributed by atoms with Gasteiger partial charge < -0.3 is 17.2 Å². The fourth-order valence-corrected chi connectivity index (χ4v) is 1.83. The number of hydrogen-bond acceptors (Lipinski definition) is 4. The summed E-state index contributed by atoms with van der Waals surface area (Å²) < 4.78 is 0. The van der Waals surface area contributed by atoms with Gasteiger partial charge in [0, 0.05) is 0 Å². The lowest BCUT2D eigenvalue weighted by Gasteiger charge is -1.97. The van der Waals surface area contributed by atoms with Gasteiger partial charge in [0.25, 0.3) is 5.91 Å². The molecule has 0 aliphatic carbocycles. The minimum absolute atomic E-state index is 0.00796. The van der Waals surface area contributed by atoms with Gasteiger partial charge in [-0.1, -0.05) is 0 Å². The first-order chi connectivity index (χ1) is 6.02. The first kappa shape index (κ1) is 9.53. The molecular formula is C7H9N3O2S. The third-order valence-corrected chi connectivity index (χ3v) is 2.37. The second-order valence-electron chi connectivity index (χ2n) is 2.51. The number of primary amides is 2. The standard InChI is InChI=1S/C7H9N3O2S/c8-4(11)1-3-2-13-7(10)5(3)6(9)12/h2H,1,10H2,(H2,8,11)(H2,9,12). The van der Waals surface area contributed by atoms with E-state index in [2.05, 4.69) is 0 Å². The van der Waals surface area contributed by atoms with Crippen molar-refractivity contribution in [2.45, 2.75) is 6.42 Å². The van der Waals surface area contributed by atoms with Crippen molar-refractivity contribution in [3.05, 3.63) is 16.5 Å². The molecule has 0 fully saturated rings. The molecular weight excluding hydrogens is 190 g/mol. The molecule has 13 heavy (non-hydrogen) atoms. The summed E-state index contributed by atoms with van der Waals surface area (Å²) in [6.45, 7) is 0. The Kier molecular flexibility index (Phi) is 2.52. The van der Waals surface area contributed by atoms with Crippen LogP contribution in [0.25, 0.3) is 0 Å². The van der Waals surface area contributed by atoms with Gasteiger partial charge in [-0.05, 0) is 10.9 Å². The van der Waals surface area contributed by atoms with Crippen LogP contribution in [-0.4, -0.2) is 11.8 Å². The smallest absolute Gasteiger partial charge is 0.251 e. The molecule has 0 aliphatic heterocycles. The molecule has 5 nitrogen and oxygen atoms in total. The number of nitrogens with two attached hydrogens (primary N) is 3. The highest BCUT2D eigenvalue weighted by atomic mass is 32.1. The average Bonchev–Trinajstić information content (AvgIpc) is 2.30. The Labute approximate surface area is 78.5 Å². The van der Waals surface area contributed by atoms with E-state index in [0.717, 1.165) is 0 Å². The molecule has 0 aromatic carbocycles. The molecule has 6 heteroatoms. The number of nitrogen functional groups attached to an aromatic ring is 1. The van der Waals surface area contributed by atoms with Crippen LogP contribution in [0.4, 0.5) is 5.00 Å². The summed E-state index contributed by atoms with van der Waals surface area (Å²) >= 11 is 1.17. The molecule has 1 heterocycles. The highest BCUT2D eigenvalue weighted by molar-refractivity contribution is 7.14. The first-order valence-electron chi connectivity index (χ1n) is 3.46. The van der Waals surface area contributed by atoms with Gasteiger partial charge in [0.05, 0.1) is 17.0 Å². The Hall–Kier alpha value is -1.56. The predicted octanol–water partition coefficient (Wildman–Crippen LogP) is -0.543. The van der Waals surface area contributed by atoms with Crippen LogP contribution >= 0.6 is 11.3 Å². The van der Waals surface area contributed by atoms with Crippen LogP contribution < -0.4 is 17.2 Å². The third kappa shape index (κ3) is 1.97. The van der Waals surface area contributed by atoms with Crippen LogP contribution in [0.15, 0.2) is 5.38 Å². The maximum absolute atomic E-state index is 10.9. The summed E-state index contributed by atoms with van der Waals surface area (Å²) in [5, 5.41) is 1.93. The van der Waals surface area contributed by atoms with Crippen molar-refractivity contribution in [3.8, 4) is 0 Å². The quantitative estimate of drug-likeness (QED) is 0.607. The molecule has 0 atom stereocenters. The summed E-state index contributed by atoms with van der Waals surface area (Å²) in [6.07, 6.45) is -0.00796. The SMILES string of the molecule is NC(=O)Cc1csc(N)c1C(N)=O. The molecule has 1 aromatic rings. The van der Waals surface area contributed by atoms with Gasteiger partial charge in [-0.25, -0.2) is 0 Å². The maximum Gasteiger partial charge on any atom is 0.251 e. The second-order valence-corrected chi connectivity index (χ2v) is 3.42. The molecule has 0 spiro atoms. The number of thiophene rings is 1. The normalized spacial score (nSPS) is 9.85. The Morgan fingerprint density at radius 3 is 2.46 bits per heavy atom. The number of carbonyl (C=O) groups is 2. The lowest BCUT2D eigenvalue weighted by Crippen LogP contribution is -2.18. The van der Waals surface area contributed by atoms with Crippen LogP contribution in [0.5, 0.6) is 0 Å². The molecule has 2 amide bonds. The molecule has 1 aromatic heterocycles. The van der Waals surface area contributed by atoms with E-state index < -0.39 is 11.8 Å². The van der Waals surface area contributed by atoms with E-state index in [1.165, 1.54) is 11.3 Å². The monoisotopic (exact) mass is 199 g/mol. The van der Waals surface area contributed by atoms with E-state index in [1.807, 2.05) is 0 Å². The molecule has 0 saturated carbocycles. The van der Waals surface area contributed by atoms with Crippen molar-refractivity contribution in [1.82, 2.24) is 0 Å². The summed E-state index contributed by atoms with van der Waals surface area (Å²) in [7, 11) is 0. The lowest BCUT2D eigenvalue weighted by atomic mass is 10.1. The zero-order valence-electron chi connectivity index (χ0n) is 6.74. The predicted molar refractivity (Wildman–Crippen MR) is 50.1 cm³/mol. The van der Waals surface area contributed by atoms with Crippen LogP contribution in [0.1, 0.15) is 15.9 Å². The molecule has 0 radical (unpaired) electrons. The fraction of sp³-hybridized carbons (Fsp3) is 0.143. The van der Waals surface area contributed by atoms with Crippen LogP contribution in [0, 0.1) is 0 Å². The maximum atomic E-state index is 10.9. The summed E-state index contributed by atoms with van der Waals surface area (Å²) in [5.41, 5.74) is 16.2. The molecule has 0 unspecified atom stereocenters. The molecule has 6 N–H and O–H groups in total. The van der Waals surface area contributed by atoms with E-state index in [0.29, 0.717) is 10.6 Å². The summed E-state index contributed by atoms with van der Waals surface area (Å²) in [6, 6.07) is 0. The van der Waals surface area contributed by atoms with Gasteiger partial charge >= 0.3 is 0 Å². The van der Waals surface area contributed by atoms with Crippen molar-refractivity contribution < 1.29 is 9.59 Å². The zero-order chi connectivity index (χ0) is 10.0. The van der Waals surface area contributed by atoms with Gasteiger partial charge in [0.15, 0.2) is 0 Å². The molecule has 1 rings (SSSR count). The molecule has 70 valence electrons. The minimum atomic E-state index is -0.630. The largest absolute Gasteiger partial charge is 0.390 e. The highest BCUT2D eigenvalue weighted by Gasteiger charge is 2.15. The van der Waals surface area contributed by atoms with Crippen molar-refractivity contribution in [2.24, 2.45) is 11.5 Å². The Morgan fingerprint density at radius 1 is 1.38 bits per heavy atom. The van der Waals surface area contributed by atoms with Crippen molar-refractivity contribution >= 4 is 28.2 Å². The van der Waals surface area contributed by atoms with Crippen LogP contribution in [0.2, 0.25) is 0 Å². The van der Waals surface area contributed by atoms with Gasteiger partial charge in [-0.15, -0.1) is 11.3 Å². The summed E-state index contributed by atoms with van der Waals surface area (Å²) in [5.74, 6) is -1.14. The number of rotatable bonds is 3.